The van der Waals surface area contributed by atoms with Gasteiger partial charge in [-0.05, 0) is 23.9 Å². The van der Waals surface area contributed by atoms with Gasteiger partial charge in [0, 0.05) is 11.8 Å². The first-order chi connectivity index (χ1) is 8.30. The third-order valence-corrected chi connectivity index (χ3v) is 2.68. The number of carbonyl (C=O) groups is 2. The molecule has 0 aliphatic heterocycles. The summed E-state index contributed by atoms with van der Waals surface area (Å²) in [7, 11) is 0. The number of halogens is 3. The van der Waals surface area contributed by atoms with Crippen molar-refractivity contribution in [3.8, 4) is 0 Å². The van der Waals surface area contributed by atoms with Gasteiger partial charge in [-0.1, -0.05) is 18.2 Å². The number of thioether (sulfide) groups is 1. The SMILES string of the molecule is CC(=O)O[C@@H](C(=O)Sc1ccccc1)C(F)(F)F. The predicted molar refractivity (Wildman–Crippen MR) is 58.9 cm³/mol. The van der Waals surface area contributed by atoms with Gasteiger partial charge in [-0.3, -0.25) is 9.59 Å². The molecule has 0 bridgehead atoms. The van der Waals surface area contributed by atoms with Gasteiger partial charge in [-0.25, -0.2) is 0 Å². The maximum Gasteiger partial charge on any atom is 0.433 e. The Bertz CT molecular complexity index is 431. The first-order valence-electron chi connectivity index (χ1n) is 4.81. The van der Waals surface area contributed by atoms with Gasteiger partial charge in [-0.15, -0.1) is 0 Å². The lowest BCUT2D eigenvalue weighted by Crippen LogP contribution is -2.38. The van der Waals surface area contributed by atoms with Crippen LogP contribution in [0.1, 0.15) is 6.92 Å². The zero-order valence-corrected chi connectivity index (χ0v) is 10.0. The number of ether oxygens (including phenoxy) is 1. The van der Waals surface area contributed by atoms with E-state index in [4.69, 9.17) is 0 Å². The lowest BCUT2D eigenvalue weighted by Gasteiger charge is -2.18. The van der Waals surface area contributed by atoms with Gasteiger partial charge in [0.25, 0.3) is 6.10 Å². The summed E-state index contributed by atoms with van der Waals surface area (Å²) in [5.41, 5.74) is 0. The molecule has 0 heterocycles. The smallest absolute Gasteiger partial charge is 0.433 e. The highest BCUT2D eigenvalue weighted by Gasteiger charge is 2.47. The van der Waals surface area contributed by atoms with Gasteiger partial charge < -0.3 is 4.74 Å². The molecule has 98 valence electrons. The van der Waals surface area contributed by atoms with E-state index in [9.17, 15) is 22.8 Å². The molecule has 0 amide bonds. The summed E-state index contributed by atoms with van der Waals surface area (Å²) >= 11 is 0.384. The summed E-state index contributed by atoms with van der Waals surface area (Å²) < 4.78 is 41.6. The van der Waals surface area contributed by atoms with Crippen LogP contribution in [0.25, 0.3) is 0 Å². The maximum atomic E-state index is 12.5. The van der Waals surface area contributed by atoms with E-state index in [-0.39, 0.29) is 0 Å². The second kappa shape index (κ2) is 5.90. The molecule has 0 aliphatic carbocycles. The van der Waals surface area contributed by atoms with Gasteiger partial charge in [0.05, 0.1) is 0 Å². The summed E-state index contributed by atoms with van der Waals surface area (Å²) in [6.45, 7) is 0.819. The van der Waals surface area contributed by atoms with Gasteiger partial charge in [0.2, 0.25) is 5.12 Å². The van der Waals surface area contributed by atoms with Crippen molar-refractivity contribution in [1.29, 1.82) is 0 Å². The van der Waals surface area contributed by atoms with Crippen molar-refractivity contribution >= 4 is 22.8 Å². The average Bonchev–Trinajstić information content (AvgIpc) is 2.25. The highest BCUT2D eigenvalue weighted by atomic mass is 32.2. The van der Waals surface area contributed by atoms with Crippen LogP contribution in [0.4, 0.5) is 13.2 Å². The highest BCUT2D eigenvalue weighted by Crippen LogP contribution is 2.30. The van der Waals surface area contributed by atoms with Crippen LogP contribution < -0.4 is 0 Å². The third kappa shape index (κ3) is 4.40. The molecule has 0 unspecified atom stereocenters. The van der Waals surface area contributed by atoms with Crippen LogP contribution in [0.5, 0.6) is 0 Å². The number of carbonyl (C=O) groups excluding carboxylic acids is 2. The molecule has 0 saturated heterocycles. The van der Waals surface area contributed by atoms with Gasteiger partial charge in [0.15, 0.2) is 0 Å². The first-order valence-corrected chi connectivity index (χ1v) is 5.63. The topological polar surface area (TPSA) is 43.4 Å². The fourth-order valence-electron chi connectivity index (χ4n) is 1.07. The molecule has 3 nitrogen and oxygen atoms in total. The number of hydrogen-bond donors (Lipinski definition) is 0. The molecule has 0 radical (unpaired) electrons. The van der Waals surface area contributed by atoms with Crippen LogP contribution >= 0.6 is 11.8 Å². The summed E-state index contributed by atoms with van der Waals surface area (Å²) in [6.07, 6.45) is -7.65. The Labute approximate surface area is 105 Å². The number of alkyl halides is 3. The lowest BCUT2D eigenvalue weighted by molar-refractivity contribution is -0.214. The van der Waals surface area contributed by atoms with Crippen molar-refractivity contribution in [2.75, 3.05) is 0 Å². The quantitative estimate of drug-likeness (QED) is 0.630. The summed E-state index contributed by atoms with van der Waals surface area (Å²) in [4.78, 5) is 22.4. The minimum atomic E-state index is -4.91. The van der Waals surface area contributed by atoms with E-state index >= 15 is 0 Å². The Morgan fingerprint density at radius 1 is 1.22 bits per heavy atom. The van der Waals surface area contributed by atoms with Crippen molar-refractivity contribution in [2.24, 2.45) is 0 Å². The molecule has 0 aromatic heterocycles. The number of benzene rings is 1. The van der Waals surface area contributed by atoms with E-state index in [2.05, 4.69) is 4.74 Å². The van der Waals surface area contributed by atoms with E-state index in [1.54, 1.807) is 18.2 Å². The molecule has 1 atom stereocenters. The molecule has 0 aliphatic rings. The highest BCUT2D eigenvalue weighted by molar-refractivity contribution is 8.13. The largest absolute Gasteiger partial charge is 0.444 e. The van der Waals surface area contributed by atoms with Gasteiger partial charge in [0.1, 0.15) is 0 Å². The van der Waals surface area contributed by atoms with Gasteiger partial charge >= 0.3 is 12.1 Å². The average molecular weight is 278 g/mol. The number of hydrogen-bond acceptors (Lipinski definition) is 4. The minimum absolute atomic E-state index is 0.351. The summed E-state index contributed by atoms with van der Waals surface area (Å²) in [5.74, 6) is -1.15. The first kappa shape index (κ1) is 14.6. The molecule has 1 rings (SSSR count). The van der Waals surface area contributed by atoms with Crippen molar-refractivity contribution in [2.45, 2.75) is 24.1 Å². The molecular weight excluding hydrogens is 269 g/mol. The van der Waals surface area contributed by atoms with Crippen LogP contribution in [0.2, 0.25) is 0 Å². The van der Waals surface area contributed by atoms with Crippen LogP contribution in [0.3, 0.4) is 0 Å². The summed E-state index contributed by atoms with van der Waals surface area (Å²) in [6, 6.07) is 7.82. The molecule has 0 spiro atoms. The molecular formula is C11H9F3O3S. The Morgan fingerprint density at radius 2 is 1.78 bits per heavy atom. The summed E-state index contributed by atoms with van der Waals surface area (Å²) in [5, 5.41) is -1.27. The Morgan fingerprint density at radius 3 is 2.22 bits per heavy atom. The Hall–Kier alpha value is -1.50. The molecule has 7 heteroatoms. The number of rotatable bonds is 3. The fraction of sp³-hybridized carbons (Fsp3) is 0.273. The minimum Gasteiger partial charge on any atom is -0.444 e. The van der Waals surface area contributed by atoms with E-state index in [0.717, 1.165) is 6.92 Å². The number of esters is 1. The van der Waals surface area contributed by atoms with Gasteiger partial charge in [-0.2, -0.15) is 13.2 Å². The molecule has 1 aromatic rings. The fourth-order valence-corrected chi connectivity index (χ4v) is 1.89. The maximum absolute atomic E-state index is 12.5. The molecule has 0 saturated carbocycles. The van der Waals surface area contributed by atoms with Crippen molar-refractivity contribution < 1.29 is 27.5 Å². The second-order valence-corrected chi connectivity index (χ2v) is 4.34. The Kier molecular flexibility index (Phi) is 4.77. The van der Waals surface area contributed by atoms with Crippen LogP contribution in [-0.4, -0.2) is 23.4 Å². The van der Waals surface area contributed by atoms with E-state index < -0.39 is 23.4 Å². The van der Waals surface area contributed by atoms with Crippen molar-refractivity contribution in [3.05, 3.63) is 30.3 Å². The normalized spacial score (nSPS) is 12.9. The van der Waals surface area contributed by atoms with Crippen LogP contribution in [0, 0.1) is 0 Å². The van der Waals surface area contributed by atoms with Crippen molar-refractivity contribution in [3.63, 3.8) is 0 Å². The Balaban J connectivity index is 2.80. The zero-order chi connectivity index (χ0) is 13.8. The van der Waals surface area contributed by atoms with Crippen molar-refractivity contribution in [1.82, 2.24) is 0 Å². The van der Waals surface area contributed by atoms with E-state index in [0.29, 0.717) is 16.7 Å². The monoisotopic (exact) mass is 278 g/mol. The third-order valence-electron chi connectivity index (χ3n) is 1.76. The van der Waals surface area contributed by atoms with E-state index in [1.807, 2.05) is 0 Å². The standard InChI is InChI=1S/C11H9F3O3S/c1-7(15)17-9(11(12,13)14)10(16)18-8-5-3-2-4-6-8/h2-6,9H,1H3/t9-/m0/s1. The molecule has 0 fully saturated rings. The predicted octanol–water partition coefficient (Wildman–Crippen LogP) is 2.80. The molecule has 18 heavy (non-hydrogen) atoms. The molecule has 1 aromatic carbocycles. The molecule has 0 N–H and O–H groups in total. The lowest BCUT2D eigenvalue weighted by atomic mass is 10.4. The van der Waals surface area contributed by atoms with E-state index in [1.165, 1.54) is 12.1 Å². The van der Waals surface area contributed by atoms with Crippen LogP contribution in [-0.2, 0) is 14.3 Å². The zero-order valence-electron chi connectivity index (χ0n) is 9.23. The second-order valence-electron chi connectivity index (χ2n) is 3.27. The van der Waals surface area contributed by atoms with Crippen LogP contribution in [0.15, 0.2) is 35.2 Å².